The summed E-state index contributed by atoms with van der Waals surface area (Å²) in [5.41, 5.74) is 1.60. The van der Waals surface area contributed by atoms with Crippen molar-refractivity contribution in [3.8, 4) is 0 Å². The second-order valence-electron chi connectivity index (χ2n) is 5.22. The maximum atomic E-state index is 11.8. The van der Waals surface area contributed by atoms with Gasteiger partial charge in [0, 0.05) is 18.7 Å². The van der Waals surface area contributed by atoms with Gasteiger partial charge in [0.05, 0.1) is 6.26 Å². The Balaban J connectivity index is 2.49. The lowest BCUT2D eigenvalue weighted by molar-refractivity contribution is 0.0949. The van der Waals surface area contributed by atoms with E-state index in [1.165, 1.54) is 0 Å². The first-order valence-corrected chi connectivity index (χ1v) is 8.49. The maximum Gasteiger partial charge on any atom is 0.251 e. The Morgan fingerprint density at radius 2 is 1.80 bits per heavy atom. The summed E-state index contributed by atoms with van der Waals surface area (Å²) in [5.74, 6) is 0.333. The summed E-state index contributed by atoms with van der Waals surface area (Å²) in [6.07, 6.45) is 1.73. The van der Waals surface area contributed by atoms with Crippen LogP contribution in [0.5, 0.6) is 0 Å². The second-order valence-corrected chi connectivity index (χ2v) is 7.05. The fraction of sp³-hybridized carbons (Fsp3) is 0.500. The standard InChI is InChI=1S/C14H22N2O3S/c1-11(2)10-15-14(17)13-6-4-12(5-7-13)8-9-16-20(3,18)19/h4-7,11,16H,8-10H2,1-3H3,(H,15,17). The molecule has 0 bridgehead atoms. The lowest BCUT2D eigenvalue weighted by atomic mass is 10.1. The monoisotopic (exact) mass is 298 g/mol. The molecular weight excluding hydrogens is 276 g/mol. The molecule has 1 amide bonds. The van der Waals surface area contributed by atoms with Crippen molar-refractivity contribution in [1.82, 2.24) is 10.0 Å². The molecule has 0 aliphatic heterocycles. The Morgan fingerprint density at radius 3 is 2.30 bits per heavy atom. The van der Waals surface area contributed by atoms with Crippen molar-refractivity contribution in [1.29, 1.82) is 0 Å². The molecule has 0 radical (unpaired) electrons. The topological polar surface area (TPSA) is 75.3 Å². The van der Waals surface area contributed by atoms with Crippen LogP contribution >= 0.6 is 0 Å². The molecule has 2 N–H and O–H groups in total. The first-order valence-electron chi connectivity index (χ1n) is 6.59. The van der Waals surface area contributed by atoms with Crippen LogP contribution in [0.1, 0.15) is 29.8 Å². The molecule has 112 valence electrons. The van der Waals surface area contributed by atoms with E-state index in [9.17, 15) is 13.2 Å². The van der Waals surface area contributed by atoms with Crippen molar-refractivity contribution in [3.63, 3.8) is 0 Å². The number of rotatable bonds is 7. The van der Waals surface area contributed by atoms with E-state index in [1.54, 1.807) is 12.1 Å². The smallest absolute Gasteiger partial charge is 0.251 e. The minimum atomic E-state index is -3.15. The van der Waals surface area contributed by atoms with E-state index < -0.39 is 10.0 Å². The molecule has 1 aromatic rings. The van der Waals surface area contributed by atoms with E-state index in [0.29, 0.717) is 31.0 Å². The molecule has 0 saturated heterocycles. The summed E-state index contributed by atoms with van der Waals surface area (Å²) in [6, 6.07) is 7.19. The summed E-state index contributed by atoms with van der Waals surface area (Å²) < 4.78 is 24.3. The van der Waals surface area contributed by atoms with Crippen molar-refractivity contribution in [3.05, 3.63) is 35.4 Å². The Hall–Kier alpha value is -1.40. The number of nitrogens with one attached hydrogen (secondary N) is 2. The molecule has 0 atom stereocenters. The molecule has 0 heterocycles. The number of sulfonamides is 1. The van der Waals surface area contributed by atoms with E-state index in [0.717, 1.165) is 11.8 Å². The van der Waals surface area contributed by atoms with Gasteiger partial charge in [-0.15, -0.1) is 0 Å². The summed E-state index contributed by atoms with van der Waals surface area (Å²) in [5, 5.41) is 2.85. The van der Waals surface area contributed by atoms with Crippen LogP contribution in [0.25, 0.3) is 0 Å². The third-order valence-corrected chi connectivity index (χ3v) is 3.39. The predicted octanol–water partition coefficient (Wildman–Crippen LogP) is 1.16. The van der Waals surface area contributed by atoms with Gasteiger partial charge in [-0.2, -0.15) is 0 Å². The van der Waals surface area contributed by atoms with Crippen LogP contribution in [-0.4, -0.2) is 33.7 Å². The van der Waals surface area contributed by atoms with E-state index in [4.69, 9.17) is 0 Å². The average molecular weight is 298 g/mol. The van der Waals surface area contributed by atoms with Gasteiger partial charge in [-0.1, -0.05) is 26.0 Å². The average Bonchev–Trinajstić information content (AvgIpc) is 2.35. The summed E-state index contributed by atoms with van der Waals surface area (Å²) in [6.45, 7) is 5.09. The first-order chi connectivity index (χ1) is 9.28. The Bertz CT molecular complexity index is 536. The number of benzene rings is 1. The largest absolute Gasteiger partial charge is 0.352 e. The third kappa shape index (κ3) is 6.68. The zero-order chi connectivity index (χ0) is 15.2. The van der Waals surface area contributed by atoms with Crippen LogP contribution in [-0.2, 0) is 16.4 Å². The lowest BCUT2D eigenvalue weighted by Crippen LogP contribution is -2.27. The van der Waals surface area contributed by atoms with Crippen LogP contribution in [0.3, 0.4) is 0 Å². The second kappa shape index (κ2) is 7.40. The fourth-order valence-corrected chi connectivity index (χ4v) is 2.08. The molecule has 0 spiro atoms. The van der Waals surface area contributed by atoms with Crippen molar-refractivity contribution in [2.24, 2.45) is 5.92 Å². The van der Waals surface area contributed by atoms with E-state index in [1.807, 2.05) is 26.0 Å². The van der Waals surface area contributed by atoms with Crippen molar-refractivity contribution >= 4 is 15.9 Å². The van der Waals surface area contributed by atoms with Gasteiger partial charge in [0.2, 0.25) is 10.0 Å². The van der Waals surface area contributed by atoms with Gasteiger partial charge >= 0.3 is 0 Å². The zero-order valence-corrected chi connectivity index (χ0v) is 13.0. The van der Waals surface area contributed by atoms with Crippen molar-refractivity contribution in [2.75, 3.05) is 19.3 Å². The Labute approximate surface area is 120 Å². The van der Waals surface area contributed by atoms with Gasteiger partial charge in [-0.05, 0) is 30.0 Å². The highest BCUT2D eigenvalue weighted by Crippen LogP contribution is 2.05. The van der Waals surface area contributed by atoms with Crippen LogP contribution in [0, 0.1) is 5.92 Å². The molecule has 1 aromatic carbocycles. The van der Waals surface area contributed by atoms with Gasteiger partial charge < -0.3 is 5.32 Å². The molecule has 20 heavy (non-hydrogen) atoms. The molecule has 1 rings (SSSR count). The molecule has 0 aliphatic rings. The van der Waals surface area contributed by atoms with Crippen LogP contribution in [0.4, 0.5) is 0 Å². The lowest BCUT2D eigenvalue weighted by Gasteiger charge is -2.08. The molecule has 0 saturated carbocycles. The van der Waals surface area contributed by atoms with Crippen LogP contribution in [0.2, 0.25) is 0 Å². The van der Waals surface area contributed by atoms with Gasteiger partial charge in [-0.25, -0.2) is 13.1 Å². The highest BCUT2D eigenvalue weighted by Gasteiger charge is 2.06. The van der Waals surface area contributed by atoms with Gasteiger partial charge in [0.15, 0.2) is 0 Å². The van der Waals surface area contributed by atoms with Crippen LogP contribution < -0.4 is 10.0 Å². The molecule has 6 heteroatoms. The molecular formula is C14H22N2O3S. The highest BCUT2D eigenvalue weighted by molar-refractivity contribution is 7.88. The highest BCUT2D eigenvalue weighted by atomic mass is 32.2. The normalized spacial score (nSPS) is 11.6. The van der Waals surface area contributed by atoms with Crippen molar-refractivity contribution in [2.45, 2.75) is 20.3 Å². The first kappa shape index (κ1) is 16.7. The number of carbonyl (C=O) groups is 1. The predicted molar refractivity (Wildman–Crippen MR) is 80.2 cm³/mol. The SMILES string of the molecule is CC(C)CNC(=O)c1ccc(CCNS(C)(=O)=O)cc1. The zero-order valence-electron chi connectivity index (χ0n) is 12.1. The summed E-state index contributed by atoms with van der Waals surface area (Å²) >= 11 is 0. The number of hydrogen-bond acceptors (Lipinski definition) is 3. The molecule has 0 fully saturated rings. The number of amides is 1. The van der Waals surface area contributed by atoms with E-state index in [-0.39, 0.29) is 5.91 Å². The van der Waals surface area contributed by atoms with Crippen LogP contribution in [0.15, 0.2) is 24.3 Å². The fourth-order valence-electron chi connectivity index (χ4n) is 1.60. The maximum absolute atomic E-state index is 11.8. The quantitative estimate of drug-likeness (QED) is 0.793. The molecule has 5 nitrogen and oxygen atoms in total. The molecule has 0 aliphatic carbocycles. The molecule has 0 unspecified atom stereocenters. The van der Waals surface area contributed by atoms with Gasteiger partial charge in [-0.3, -0.25) is 4.79 Å². The Morgan fingerprint density at radius 1 is 1.20 bits per heavy atom. The summed E-state index contributed by atoms with van der Waals surface area (Å²) in [7, 11) is -3.15. The number of carbonyl (C=O) groups excluding carboxylic acids is 1. The van der Waals surface area contributed by atoms with Gasteiger partial charge in [0.25, 0.3) is 5.91 Å². The summed E-state index contributed by atoms with van der Waals surface area (Å²) in [4.78, 5) is 11.8. The third-order valence-electron chi connectivity index (χ3n) is 2.66. The number of hydrogen-bond donors (Lipinski definition) is 2. The van der Waals surface area contributed by atoms with E-state index in [2.05, 4.69) is 10.0 Å². The van der Waals surface area contributed by atoms with Gasteiger partial charge in [0.1, 0.15) is 0 Å². The minimum Gasteiger partial charge on any atom is -0.352 e. The minimum absolute atomic E-state index is 0.0838. The van der Waals surface area contributed by atoms with E-state index >= 15 is 0 Å². The Kier molecular flexibility index (Phi) is 6.16. The molecule has 0 aromatic heterocycles. The van der Waals surface area contributed by atoms with Crippen molar-refractivity contribution < 1.29 is 13.2 Å².